The lowest BCUT2D eigenvalue weighted by Crippen LogP contribution is -2.40. The molecule has 0 aliphatic carbocycles. The quantitative estimate of drug-likeness (QED) is 0.767. The number of carboxylic acid groups (broad SMARTS) is 1. The molecule has 0 saturated carbocycles. The number of amides is 2. The molecule has 0 atom stereocenters. The van der Waals surface area contributed by atoms with E-state index in [4.69, 9.17) is 5.11 Å². The second-order valence-corrected chi connectivity index (χ2v) is 3.69. The van der Waals surface area contributed by atoms with Crippen molar-refractivity contribution in [2.45, 2.75) is 0 Å². The molecule has 0 bridgehead atoms. The fourth-order valence-electron chi connectivity index (χ4n) is 1.27. The van der Waals surface area contributed by atoms with Crippen LogP contribution in [0.25, 0.3) is 0 Å². The Hall–Kier alpha value is -2.37. The van der Waals surface area contributed by atoms with E-state index in [-0.39, 0.29) is 19.0 Å². The summed E-state index contributed by atoms with van der Waals surface area (Å²) in [5.74, 6) is -1.92. The van der Waals surface area contributed by atoms with Crippen molar-refractivity contribution in [2.24, 2.45) is 0 Å². The monoisotopic (exact) mass is 250 g/mol. The van der Waals surface area contributed by atoms with E-state index in [2.05, 4.69) is 5.32 Å². The lowest BCUT2D eigenvalue weighted by atomic mass is 10.2. The standard InChI is InChI=1S/C12H14N2O4/c1-14(8-11(16)17)10(15)7-13-12(18)9-5-3-2-4-6-9/h2-6H,7-8H2,1H3,(H,13,18)(H,16,17). The van der Waals surface area contributed by atoms with Gasteiger partial charge in [0.2, 0.25) is 5.91 Å². The molecule has 2 amide bonds. The topological polar surface area (TPSA) is 86.7 Å². The fourth-order valence-corrected chi connectivity index (χ4v) is 1.27. The van der Waals surface area contributed by atoms with E-state index in [0.717, 1.165) is 4.90 Å². The van der Waals surface area contributed by atoms with Gasteiger partial charge in [-0.1, -0.05) is 18.2 Å². The first kappa shape index (κ1) is 13.7. The molecule has 0 unspecified atom stereocenters. The molecule has 6 nitrogen and oxygen atoms in total. The molecule has 2 N–H and O–H groups in total. The van der Waals surface area contributed by atoms with Crippen molar-refractivity contribution in [2.75, 3.05) is 20.1 Å². The summed E-state index contributed by atoms with van der Waals surface area (Å²) >= 11 is 0. The number of carboxylic acids is 1. The Bertz CT molecular complexity index is 445. The van der Waals surface area contributed by atoms with Crippen LogP contribution in [0, 0.1) is 0 Å². The number of benzene rings is 1. The van der Waals surface area contributed by atoms with Crippen LogP contribution >= 0.6 is 0 Å². The van der Waals surface area contributed by atoms with Gasteiger partial charge in [0, 0.05) is 12.6 Å². The largest absolute Gasteiger partial charge is 0.480 e. The fraction of sp³-hybridized carbons (Fsp3) is 0.250. The molecule has 0 aromatic heterocycles. The summed E-state index contributed by atoms with van der Waals surface area (Å²) in [6, 6.07) is 8.46. The first-order valence-corrected chi connectivity index (χ1v) is 5.29. The number of hydrogen-bond donors (Lipinski definition) is 2. The number of nitrogens with zero attached hydrogens (tertiary/aromatic N) is 1. The molecule has 0 spiro atoms. The van der Waals surface area contributed by atoms with E-state index in [0.29, 0.717) is 5.56 Å². The smallest absolute Gasteiger partial charge is 0.323 e. The molecule has 0 radical (unpaired) electrons. The molecular weight excluding hydrogens is 236 g/mol. The Balaban J connectivity index is 2.44. The van der Waals surface area contributed by atoms with Crippen LogP contribution < -0.4 is 5.32 Å². The second-order valence-electron chi connectivity index (χ2n) is 3.69. The van der Waals surface area contributed by atoms with Gasteiger partial charge < -0.3 is 15.3 Å². The van der Waals surface area contributed by atoms with Crippen molar-refractivity contribution in [3.05, 3.63) is 35.9 Å². The highest BCUT2D eigenvalue weighted by molar-refractivity contribution is 5.96. The SMILES string of the molecule is CN(CC(=O)O)C(=O)CNC(=O)c1ccccc1. The van der Waals surface area contributed by atoms with Crippen LogP contribution in [0.15, 0.2) is 30.3 Å². The molecule has 96 valence electrons. The second kappa shape index (κ2) is 6.39. The summed E-state index contributed by atoms with van der Waals surface area (Å²) in [5.41, 5.74) is 0.450. The zero-order valence-electron chi connectivity index (χ0n) is 9.92. The lowest BCUT2D eigenvalue weighted by molar-refractivity contribution is -0.143. The van der Waals surface area contributed by atoms with Gasteiger partial charge in [-0.3, -0.25) is 14.4 Å². The van der Waals surface area contributed by atoms with Crippen LogP contribution in [0.4, 0.5) is 0 Å². The van der Waals surface area contributed by atoms with Crippen molar-refractivity contribution in [1.29, 1.82) is 0 Å². The highest BCUT2D eigenvalue weighted by Crippen LogP contribution is 1.97. The average molecular weight is 250 g/mol. The number of carbonyl (C=O) groups is 3. The van der Waals surface area contributed by atoms with E-state index in [1.807, 2.05) is 0 Å². The zero-order chi connectivity index (χ0) is 13.5. The third kappa shape index (κ3) is 4.25. The van der Waals surface area contributed by atoms with Crippen molar-refractivity contribution in [1.82, 2.24) is 10.2 Å². The van der Waals surface area contributed by atoms with Crippen molar-refractivity contribution < 1.29 is 19.5 Å². The molecule has 1 rings (SSSR count). The molecule has 6 heteroatoms. The van der Waals surface area contributed by atoms with Crippen LogP contribution in [0.1, 0.15) is 10.4 Å². The molecule has 1 aromatic rings. The lowest BCUT2D eigenvalue weighted by Gasteiger charge is -2.14. The summed E-state index contributed by atoms with van der Waals surface area (Å²) in [6.45, 7) is -0.614. The predicted molar refractivity (Wildman–Crippen MR) is 64.0 cm³/mol. The van der Waals surface area contributed by atoms with Crippen LogP contribution in [0.5, 0.6) is 0 Å². The van der Waals surface area contributed by atoms with E-state index in [9.17, 15) is 14.4 Å². The Labute approximate surface area is 104 Å². The van der Waals surface area contributed by atoms with Gasteiger partial charge in [-0.05, 0) is 12.1 Å². The Kier molecular flexibility index (Phi) is 4.86. The molecule has 18 heavy (non-hydrogen) atoms. The average Bonchev–Trinajstić information content (AvgIpc) is 2.35. The molecular formula is C12H14N2O4. The Morgan fingerprint density at radius 2 is 1.83 bits per heavy atom. The van der Waals surface area contributed by atoms with E-state index < -0.39 is 11.9 Å². The van der Waals surface area contributed by atoms with Crippen molar-refractivity contribution >= 4 is 17.8 Å². The molecule has 0 fully saturated rings. The molecule has 0 heterocycles. The third-order valence-electron chi connectivity index (χ3n) is 2.23. The van der Waals surface area contributed by atoms with Gasteiger partial charge in [0.1, 0.15) is 6.54 Å². The molecule has 0 aliphatic rings. The molecule has 0 saturated heterocycles. The summed E-state index contributed by atoms with van der Waals surface area (Å²) in [7, 11) is 1.37. The van der Waals surface area contributed by atoms with Crippen molar-refractivity contribution in [3.63, 3.8) is 0 Å². The Morgan fingerprint density at radius 1 is 1.22 bits per heavy atom. The summed E-state index contributed by atoms with van der Waals surface area (Å²) in [4.78, 5) is 34.5. The highest BCUT2D eigenvalue weighted by Gasteiger charge is 2.13. The van der Waals surface area contributed by atoms with E-state index >= 15 is 0 Å². The van der Waals surface area contributed by atoms with E-state index in [1.165, 1.54) is 7.05 Å². The van der Waals surface area contributed by atoms with Crippen LogP contribution in [-0.4, -0.2) is 47.9 Å². The first-order valence-electron chi connectivity index (χ1n) is 5.29. The number of likely N-dealkylation sites (N-methyl/N-ethyl adjacent to an activating group) is 1. The van der Waals surface area contributed by atoms with Crippen LogP contribution in [0.2, 0.25) is 0 Å². The van der Waals surface area contributed by atoms with Crippen LogP contribution in [0.3, 0.4) is 0 Å². The maximum atomic E-state index is 11.6. The first-order chi connectivity index (χ1) is 8.50. The number of aliphatic carboxylic acids is 1. The number of hydrogen-bond acceptors (Lipinski definition) is 3. The van der Waals surface area contributed by atoms with Gasteiger partial charge in [0.05, 0.1) is 6.54 Å². The summed E-state index contributed by atoms with van der Waals surface area (Å²) in [6.07, 6.45) is 0. The number of nitrogens with one attached hydrogen (secondary N) is 1. The minimum Gasteiger partial charge on any atom is -0.480 e. The normalized spacial score (nSPS) is 9.61. The third-order valence-corrected chi connectivity index (χ3v) is 2.23. The molecule has 1 aromatic carbocycles. The minimum atomic E-state index is -1.10. The maximum absolute atomic E-state index is 11.6. The van der Waals surface area contributed by atoms with Gasteiger partial charge in [0.15, 0.2) is 0 Å². The van der Waals surface area contributed by atoms with Crippen molar-refractivity contribution in [3.8, 4) is 0 Å². The highest BCUT2D eigenvalue weighted by atomic mass is 16.4. The van der Waals surface area contributed by atoms with Crippen LogP contribution in [-0.2, 0) is 9.59 Å². The van der Waals surface area contributed by atoms with E-state index in [1.54, 1.807) is 30.3 Å². The summed E-state index contributed by atoms with van der Waals surface area (Å²) in [5, 5.41) is 10.9. The van der Waals surface area contributed by atoms with Gasteiger partial charge >= 0.3 is 5.97 Å². The number of carbonyl (C=O) groups excluding carboxylic acids is 2. The summed E-state index contributed by atoms with van der Waals surface area (Å²) < 4.78 is 0. The molecule has 0 aliphatic heterocycles. The maximum Gasteiger partial charge on any atom is 0.323 e. The zero-order valence-corrected chi connectivity index (χ0v) is 9.92. The Morgan fingerprint density at radius 3 is 2.39 bits per heavy atom. The van der Waals surface area contributed by atoms with Gasteiger partial charge in [-0.2, -0.15) is 0 Å². The predicted octanol–water partition coefficient (Wildman–Crippen LogP) is -0.0406. The van der Waals surface area contributed by atoms with Gasteiger partial charge in [0.25, 0.3) is 5.91 Å². The van der Waals surface area contributed by atoms with Gasteiger partial charge in [-0.15, -0.1) is 0 Å². The number of rotatable bonds is 5. The van der Waals surface area contributed by atoms with Gasteiger partial charge in [-0.25, -0.2) is 0 Å². The minimum absolute atomic E-state index is 0.225.